The van der Waals surface area contributed by atoms with Crippen LogP contribution in [0.1, 0.15) is 50.2 Å². The lowest BCUT2D eigenvalue weighted by Crippen LogP contribution is -2.39. The molecule has 0 aliphatic carbocycles. The molecular weight excluding hydrogens is 388 g/mol. The number of carbonyl (C=O) groups excluding carboxylic acids is 2. The van der Waals surface area contributed by atoms with Crippen LogP contribution in [-0.4, -0.2) is 44.6 Å². The van der Waals surface area contributed by atoms with E-state index in [-0.39, 0.29) is 23.7 Å². The van der Waals surface area contributed by atoms with Crippen LogP contribution in [0.2, 0.25) is 0 Å². The molecule has 4 atom stereocenters. The number of rotatable bonds is 6. The fraction of sp³-hybridized carbons (Fsp3) is 0.429. The van der Waals surface area contributed by atoms with E-state index in [1.807, 2.05) is 0 Å². The number of carbonyl (C=O) groups is 2. The number of nitrogens with zero attached hydrogens (tertiary/aromatic N) is 2. The van der Waals surface area contributed by atoms with Gasteiger partial charge < -0.3 is 20.5 Å². The zero-order chi connectivity index (χ0) is 21.8. The van der Waals surface area contributed by atoms with Crippen LogP contribution in [0.15, 0.2) is 41.3 Å². The number of amides is 1. The molecule has 2 heterocycles. The summed E-state index contributed by atoms with van der Waals surface area (Å²) in [7, 11) is 0. The average Bonchev–Trinajstić information content (AvgIpc) is 2.70. The fourth-order valence-corrected chi connectivity index (χ4v) is 3.12. The summed E-state index contributed by atoms with van der Waals surface area (Å²) >= 11 is 0. The van der Waals surface area contributed by atoms with Crippen LogP contribution in [0.5, 0.6) is 0 Å². The molecule has 9 nitrogen and oxygen atoms in total. The largest absolute Gasteiger partial charge is 0.390 e. The van der Waals surface area contributed by atoms with Crippen molar-refractivity contribution >= 4 is 23.2 Å². The number of benzene rings is 1. The van der Waals surface area contributed by atoms with E-state index >= 15 is 0 Å². The second-order valence-corrected chi connectivity index (χ2v) is 7.45. The van der Waals surface area contributed by atoms with Gasteiger partial charge >= 0.3 is 5.69 Å². The van der Waals surface area contributed by atoms with E-state index in [9.17, 15) is 19.5 Å². The number of Topliss-reactive ketones (excluding diaryl/α,β-unsaturated/α-hetero) is 1. The van der Waals surface area contributed by atoms with Crippen LogP contribution >= 0.6 is 0 Å². The third kappa shape index (κ3) is 5.11. The Kier molecular flexibility index (Phi) is 6.63. The van der Waals surface area contributed by atoms with Crippen molar-refractivity contribution in [2.75, 3.05) is 10.6 Å². The number of aliphatic hydroxyl groups excluding tert-OH is 1. The van der Waals surface area contributed by atoms with Gasteiger partial charge in [0, 0.05) is 17.4 Å². The summed E-state index contributed by atoms with van der Waals surface area (Å²) in [5, 5.41) is 15.4. The minimum atomic E-state index is -0.546. The van der Waals surface area contributed by atoms with Crippen molar-refractivity contribution in [1.29, 1.82) is 0 Å². The molecule has 1 aromatic heterocycles. The Morgan fingerprint density at radius 1 is 1.23 bits per heavy atom. The summed E-state index contributed by atoms with van der Waals surface area (Å²) < 4.78 is 7.02. The molecule has 1 saturated heterocycles. The highest BCUT2D eigenvalue weighted by atomic mass is 16.5. The summed E-state index contributed by atoms with van der Waals surface area (Å²) in [5.41, 5.74) is 0.571. The molecule has 3 rings (SSSR count). The summed E-state index contributed by atoms with van der Waals surface area (Å²) in [6.07, 6.45) is 1.15. The Bertz CT molecular complexity index is 972. The maximum atomic E-state index is 12.4. The Morgan fingerprint density at radius 3 is 2.53 bits per heavy atom. The second kappa shape index (κ2) is 9.19. The number of ketones is 1. The van der Waals surface area contributed by atoms with Crippen molar-refractivity contribution in [2.45, 2.75) is 58.1 Å². The van der Waals surface area contributed by atoms with E-state index < -0.39 is 23.9 Å². The number of nitrogens with one attached hydrogen (secondary N) is 2. The van der Waals surface area contributed by atoms with Gasteiger partial charge in [-0.3, -0.25) is 14.2 Å². The quantitative estimate of drug-likeness (QED) is 0.660. The van der Waals surface area contributed by atoms with Gasteiger partial charge in [0.05, 0.1) is 18.2 Å². The zero-order valence-electron chi connectivity index (χ0n) is 17.2. The van der Waals surface area contributed by atoms with Crippen molar-refractivity contribution in [3.63, 3.8) is 0 Å². The normalized spacial score (nSPS) is 22.2. The maximum absolute atomic E-state index is 12.4. The van der Waals surface area contributed by atoms with Gasteiger partial charge in [0.15, 0.2) is 5.78 Å². The molecule has 0 saturated carbocycles. The lowest BCUT2D eigenvalue weighted by atomic mass is 10.1. The second-order valence-electron chi connectivity index (χ2n) is 7.45. The van der Waals surface area contributed by atoms with E-state index in [1.54, 1.807) is 38.1 Å². The van der Waals surface area contributed by atoms with Crippen molar-refractivity contribution in [2.24, 2.45) is 0 Å². The van der Waals surface area contributed by atoms with Gasteiger partial charge in [-0.1, -0.05) is 0 Å². The molecule has 0 unspecified atom stereocenters. The number of ether oxygens (including phenoxy) is 1. The van der Waals surface area contributed by atoms with Crippen molar-refractivity contribution in [1.82, 2.24) is 9.55 Å². The average molecular weight is 414 g/mol. The first kappa shape index (κ1) is 21.7. The smallest absolute Gasteiger partial charge is 0.351 e. The molecular formula is C21H26N4O5. The summed E-state index contributed by atoms with van der Waals surface area (Å²) in [4.78, 5) is 40.1. The Morgan fingerprint density at radius 2 is 1.93 bits per heavy atom. The first-order valence-corrected chi connectivity index (χ1v) is 9.85. The van der Waals surface area contributed by atoms with Gasteiger partial charge in [0.1, 0.15) is 12.0 Å². The molecule has 1 aliphatic rings. The minimum Gasteiger partial charge on any atom is -0.390 e. The Hall–Kier alpha value is -3.04. The molecule has 2 aromatic rings. The van der Waals surface area contributed by atoms with Gasteiger partial charge in [-0.05, 0) is 63.9 Å². The van der Waals surface area contributed by atoms with E-state index in [0.717, 1.165) is 5.69 Å². The fourth-order valence-electron chi connectivity index (χ4n) is 3.12. The van der Waals surface area contributed by atoms with Crippen LogP contribution in [0, 0.1) is 0 Å². The molecule has 160 valence electrons. The molecule has 0 bridgehead atoms. The molecule has 9 heteroatoms. The van der Waals surface area contributed by atoms with Crippen LogP contribution in [0.25, 0.3) is 0 Å². The lowest BCUT2D eigenvalue weighted by Gasteiger charge is -2.32. The number of aliphatic hydroxyl groups is 1. The van der Waals surface area contributed by atoms with E-state index in [0.29, 0.717) is 18.4 Å². The standard InChI is InChI=1S/C21H26N4O5/c1-12(13(2)26)22-16-6-4-15(5-7-16)20(28)23-18-10-11-25(21(29)24-18)19-9-8-17(27)14(3)30-19/h4-7,10-12,14,17,19,22,27H,8-9H2,1-3H3,(H,23,24,28,29)/t12-,14-,17+,19-/m1/s1. The lowest BCUT2D eigenvalue weighted by molar-refractivity contribution is -0.139. The highest BCUT2D eigenvalue weighted by Gasteiger charge is 2.28. The summed E-state index contributed by atoms with van der Waals surface area (Å²) in [6.45, 7) is 5.02. The molecule has 1 aliphatic heterocycles. The van der Waals surface area contributed by atoms with E-state index in [4.69, 9.17) is 4.74 Å². The van der Waals surface area contributed by atoms with E-state index in [1.165, 1.54) is 23.8 Å². The maximum Gasteiger partial charge on any atom is 0.351 e. The van der Waals surface area contributed by atoms with Crippen LogP contribution in [0.3, 0.4) is 0 Å². The molecule has 1 aromatic carbocycles. The predicted molar refractivity (Wildman–Crippen MR) is 111 cm³/mol. The highest BCUT2D eigenvalue weighted by molar-refractivity contribution is 6.03. The van der Waals surface area contributed by atoms with Crippen molar-refractivity contribution in [3.8, 4) is 0 Å². The minimum absolute atomic E-state index is 0.0156. The molecule has 3 N–H and O–H groups in total. The van der Waals surface area contributed by atoms with Crippen LogP contribution < -0.4 is 16.3 Å². The third-order valence-electron chi connectivity index (χ3n) is 5.14. The SMILES string of the molecule is CC(=O)[C@@H](C)Nc1ccc(C(=O)Nc2ccn([C@H]3CC[C@H](O)[C@@H](C)O3)c(=O)n2)cc1. The molecule has 1 fully saturated rings. The van der Waals surface area contributed by atoms with Crippen LogP contribution in [0.4, 0.5) is 11.5 Å². The molecule has 0 spiro atoms. The van der Waals surface area contributed by atoms with Gasteiger partial charge in [0.2, 0.25) is 0 Å². The number of hydrogen-bond donors (Lipinski definition) is 3. The van der Waals surface area contributed by atoms with Gasteiger partial charge in [-0.2, -0.15) is 4.98 Å². The first-order chi connectivity index (χ1) is 14.2. The third-order valence-corrected chi connectivity index (χ3v) is 5.14. The molecule has 0 radical (unpaired) electrons. The van der Waals surface area contributed by atoms with E-state index in [2.05, 4.69) is 15.6 Å². The zero-order valence-corrected chi connectivity index (χ0v) is 17.2. The summed E-state index contributed by atoms with van der Waals surface area (Å²) in [5.74, 6) is -0.254. The van der Waals surface area contributed by atoms with Gasteiger partial charge in [-0.25, -0.2) is 4.79 Å². The predicted octanol–water partition coefficient (Wildman–Crippen LogP) is 1.94. The molecule has 1 amide bonds. The summed E-state index contributed by atoms with van der Waals surface area (Å²) in [6, 6.07) is 7.86. The first-order valence-electron chi connectivity index (χ1n) is 9.85. The van der Waals surface area contributed by atoms with Crippen molar-refractivity contribution in [3.05, 3.63) is 52.6 Å². The highest BCUT2D eigenvalue weighted by Crippen LogP contribution is 2.25. The van der Waals surface area contributed by atoms with Gasteiger partial charge in [-0.15, -0.1) is 0 Å². The van der Waals surface area contributed by atoms with Crippen LogP contribution in [-0.2, 0) is 9.53 Å². The van der Waals surface area contributed by atoms with Gasteiger partial charge in [0.25, 0.3) is 5.91 Å². The molecule has 30 heavy (non-hydrogen) atoms. The number of aromatic nitrogens is 2. The monoisotopic (exact) mass is 414 g/mol. The number of hydrogen-bond acceptors (Lipinski definition) is 7. The number of anilines is 2. The topological polar surface area (TPSA) is 123 Å². The Balaban J connectivity index is 1.65. The van der Waals surface area contributed by atoms with Crippen molar-refractivity contribution < 1.29 is 19.4 Å². The Labute approximate surface area is 174 Å².